The average molecular weight is 953 g/mol. The predicted molar refractivity (Wildman–Crippen MR) is 232 cm³/mol. The van der Waals surface area contributed by atoms with Crippen molar-refractivity contribution in [3.05, 3.63) is 112 Å². The van der Waals surface area contributed by atoms with E-state index in [2.05, 4.69) is 192 Å². The minimum atomic E-state index is -1.54. The second-order valence-electron chi connectivity index (χ2n) is 15.6. The van der Waals surface area contributed by atoms with Gasteiger partial charge in [-0.2, -0.15) is 0 Å². The number of hydrogen-bond donors (Lipinski definition) is 0. The van der Waals surface area contributed by atoms with E-state index in [1.54, 1.807) is 0 Å². The Hall–Kier alpha value is -1.17. The van der Waals surface area contributed by atoms with Gasteiger partial charge >= 0.3 is 0 Å². The molecule has 0 atom stereocenters. The van der Waals surface area contributed by atoms with E-state index in [4.69, 9.17) is 9.47 Å². The molecule has 0 unspecified atom stereocenters. The molecule has 49 heavy (non-hydrogen) atoms. The number of hydrogen-bond acceptors (Lipinski definition) is 2. The van der Waals surface area contributed by atoms with Crippen molar-refractivity contribution in [2.45, 2.75) is 98.1 Å². The van der Waals surface area contributed by atoms with Gasteiger partial charge in [0.25, 0.3) is 0 Å². The van der Waals surface area contributed by atoms with Gasteiger partial charge in [-0.25, -0.2) is 0 Å². The van der Waals surface area contributed by atoms with E-state index in [9.17, 15) is 0 Å². The zero-order valence-electron chi connectivity index (χ0n) is 30.8. The van der Waals surface area contributed by atoms with Crippen LogP contribution in [0.4, 0.5) is 0 Å². The smallest absolute Gasteiger partial charge is 0.147 e. The van der Waals surface area contributed by atoms with Gasteiger partial charge in [-0.1, -0.05) is 121 Å². The van der Waals surface area contributed by atoms with Crippen molar-refractivity contribution >= 4 is 90.2 Å². The lowest BCUT2D eigenvalue weighted by atomic mass is 9.78. The van der Waals surface area contributed by atoms with Crippen LogP contribution in [0.1, 0.15) is 60.1 Å². The first kappa shape index (κ1) is 40.6. The van der Waals surface area contributed by atoms with E-state index in [0.717, 1.165) is 42.2 Å². The Morgan fingerprint density at radius 1 is 0.490 bits per heavy atom. The molecule has 0 N–H and O–H groups in total. The highest BCUT2D eigenvalue weighted by Gasteiger charge is 2.29. The molecule has 0 amide bonds. The molecule has 0 aliphatic heterocycles. The van der Waals surface area contributed by atoms with Crippen LogP contribution >= 0.6 is 63.7 Å². The molecule has 264 valence electrons. The predicted octanol–water partition coefficient (Wildman–Crippen LogP) is 13.1. The normalized spacial score (nSPS) is 12.4. The first-order valence-electron chi connectivity index (χ1n) is 17.2. The lowest BCUT2D eigenvalue weighted by molar-refractivity contribution is 0.312. The Morgan fingerprint density at radius 3 is 1.06 bits per heavy atom. The van der Waals surface area contributed by atoms with E-state index in [0.29, 0.717) is 13.2 Å². The molecule has 0 bridgehead atoms. The second kappa shape index (κ2) is 16.7. The first-order valence-corrected chi connectivity index (χ1v) is 26.8. The number of benzene rings is 4. The molecular weight excluding hydrogens is 900 g/mol. The summed E-state index contributed by atoms with van der Waals surface area (Å²) in [6.45, 7) is 24.6. The van der Waals surface area contributed by atoms with E-state index in [-0.39, 0.29) is 5.41 Å². The van der Waals surface area contributed by atoms with Gasteiger partial charge < -0.3 is 9.47 Å². The van der Waals surface area contributed by atoms with E-state index in [1.807, 2.05) is 0 Å². The largest absolute Gasteiger partial charge is 0.491 e. The van der Waals surface area contributed by atoms with Crippen LogP contribution in [0.3, 0.4) is 0 Å². The van der Waals surface area contributed by atoms with Crippen LogP contribution in [-0.2, 0) is 5.41 Å². The molecule has 0 aliphatic carbocycles. The standard InChI is InChI=1S/C41H52Br4O2Si2/c1-27-17-28(2)20-33(19-27)48(7,8)15-11-13-46-39-35(42)23-31(24-36(39)43)41(5,6)32-25-37(44)40(38(45)26-32)47-14-12-16-49(9,10)34-21-29(3)18-30(4)22-34/h17-26H,11-16H2,1-10H3. The molecule has 2 nitrogen and oxygen atoms in total. The summed E-state index contributed by atoms with van der Waals surface area (Å²) in [7, 11) is -3.09. The highest BCUT2D eigenvalue weighted by Crippen LogP contribution is 2.44. The van der Waals surface area contributed by atoms with Crippen LogP contribution in [0.5, 0.6) is 11.5 Å². The quantitative estimate of drug-likeness (QED) is 0.0926. The summed E-state index contributed by atoms with van der Waals surface area (Å²) >= 11 is 15.3. The summed E-state index contributed by atoms with van der Waals surface area (Å²) in [6.07, 6.45) is 2.06. The van der Waals surface area contributed by atoms with Crippen LogP contribution in [0.25, 0.3) is 0 Å². The van der Waals surface area contributed by atoms with Gasteiger partial charge in [0, 0.05) is 5.41 Å². The van der Waals surface area contributed by atoms with Crippen molar-refractivity contribution in [2.24, 2.45) is 0 Å². The van der Waals surface area contributed by atoms with Crippen molar-refractivity contribution < 1.29 is 9.47 Å². The summed E-state index contributed by atoms with van der Waals surface area (Å²) in [6, 6.07) is 25.2. The summed E-state index contributed by atoms with van der Waals surface area (Å²) in [5, 5.41) is 3.07. The minimum absolute atomic E-state index is 0.268. The maximum atomic E-state index is 6.38. The summed E-state index contributed by atoms with van der Waals surface area (Å²) in [5.74, 6) is 1.72. The second-order valence-corrected chi connectivity index (χ2v) is 28.7. The van der Waals surface area contributed by atoms with Gasteiger partial charge in [0.1, 0.15) is 11.5 Å². The number of aryl methyl sites for hydroxylation is 4. The van der Waals surface area contributed by atoms with Crippen molar-refractivity contribution in [3.63, 3.8) is 0 Å². The minimum Gasteiger partial charge on any atom is -0.491 e. The third-order valence-electron chi connectivity index (χ3n) is 9.83. The number of ether oxygens (including phenoxy) is 2. The van der Waals surface area contributed by atoms with Crippen LogP contribution in [0.2, 0.25) is 38.3 Å². The Bertz CT molecular complexity index is 1580. The zero-order valence-corrected chi connectivity index (χ0v) is 39.2. The molecule has 0 saturated heterocycles. The fraction of sp³-hybridized carbons (Fsp3) is 0.415. The monoisotopic (exact) mass is 948 g/mol. The Kier molecular flexibility index (Phi) is 13.8. The summed E-state index contributed by atoms with van der Waals surface area (Å²) < 4.78 is 16.6. The molecular formula is C41H52Br4O2Si2. The molecule has 4 rings (SSSR count). The van der Waals surface area contributed by atoms with Gasteiger partial charge in [-0.3, -0.25) is 0 Å². The molecule has 0 fully saturated rings. The maximum absolute atomic E-state index is 6.38. The van der Waals surface area contributed by atoms with Crippen molar-refractivity contribution in [2.75, 3.05) is 13.2 Å². The molecule has 4 aromatic rings. The molecule has 8 heteroatoms. The van der Waals surface area contributed by atoms with Crippen molar-refractivity contribution in [1.29, 1.82) is 0 Å². The van der Waals surface area contributed by atoms with E-state index < -0.39 is 16.1 Å². The third kappa shape index (κ3) is 10.5. The molecule has 0 aromatic heterocycles. The number of halogens is 4. The lowest BCUT2D eigenvalue weighted by Gasteiger charge is -2.28. The molecule has 4 aromatic carbocycles. The van der Waals surface area contributed by atoms with Gasteiger partial charge in [0.15, 0.2) is 0 Å². The Morgan fingerprint density at radius 2 is 0.776 bits per heavy atom. The fourth-order valence-corrected chi connectivity index (χ4v) is 14.6. The molecule has 0 heterocycles. The Labute approximate surface area is 331 Å². The summed E-state index contributed by atoms with van der Waals surface area (Å²) in [4.78, 5) is 0. The zero-order chi connectivity index (χ0) is 36.3. The van der Waals surface area contributed by atoms with E-state index in [1.165, 1.54) is 55.8 Å². The van der Waals surface area contributed by atoms with Crippen LogP contribution in [-0.4, -0.2) is 29.4 Å². The third-order valence-corrected chi connectivity index (χ3v) is 19.1. The first-order chi connectivity index (χ1) is 22.8. The van der Waals surface area contributed by atoms with Crippen molar-refractivity contribution in [1.82, 2.24) is 0 Å². The van der Waals surface area contributed by atoms with Crippen LogP contribution in [0.15, 0.2) is 78.6 Å². The fourth-order valence-electron chi connectivity index (χ4n) is 6.68. The lowest BCUT2D eigenvalue weighted by Crippen LogP contribution is -2.41. The van der Waals surface area contributed by atoms with Crippen LogP contribution in [0, 0.1) is 27.7 Å². The topological polar surface area (TPSA) is 18.5 Å². The van der Waals surface area contributed by atoms with Crippen LogP contribution < -0.4 is 19.8 Å². The highest BCUT2D eigenvalue weighted by atomic mass is 79.9. The summed E-state index contributed by atoms with van der Waals surface area (Å²) in [5.41, 5.74) is 7.52. The SMILES string of the molecule is Cc1cc(C)cc([Si](C)(C)CCCOc2c(Br)cc(C(C)(C)c3cc(Br)c(OCCC[Si](C)(C)c4cc(C)cc(C)c4)c(Br)c3)cc2Br)c1. The molecule has 0 aliphatic rings. The van der Waals surface area contributed by atoms with Gasteiger partial charge in [-0.15, -0.1) is 0 Å². The Balaban J connectivity index is 1.39. The molecule has 0 radical (unpaired) electrons. The van der Waals surface area contributed by atoms with Gasteiger partial charge in [0.05, 0.1) is 47.3 Å². The van der Waals surface area contributed by atoms with Crippen molar-refractivity contribution in [3.8, 4) is 11.5 Å². The molecule has 0 saturated carbocycles. The number of rotatable bonds is 14. The van der Waals surface area contributed by atoms with Gasteiger partial charge in [0.2, 0.25) is 0 Å². The van der Waals surface area contributed by atoms with Gasteiger partial charge in [-0.05, 0) is 140 Å². The molecule has 0 spiro atoms. The van der Waals surface area contributed by atoms with E-state index >= 15 is 0 Å². The average Bonchev–Trinajstić information content (AvgIpc) is 2.98. The maximum Gasteiger partial charge on any atom is 0.147 e. The highest BCUT2D eigenvalue weighted by molar-refractivity contribution is 9.11.